The number of hydrogen-bond donors (Lipinski definition) is 0. The van der Waals surface area contributed by atoms with E-state index in [-0.39, 0.29) is 0 Å². The molecular weight excluding hydrogens is 402 g/mol. The molecule has 5 rings (SSSR count). The van der Waals surface area contributed by atoms with E-state index in [2.05, 4.69) is 48.9 Å². The summed E-state index contributed by atoms with van der Waals surface area (Å²) in [4.78, 5) is 25.3. The Bertz CT molecular complexity index is 1020. The van der Waals surface area contributed by atoms with Crippen molar-refractivity contribution in [3.63, 3.8) is 0 Å². The third kappa shape index (κ3) is 4.65. The lowest BCUT2D eigenvalue weighted by Crippen LogP contribution is -2.47. The number of aromatic nitrogens is 4. The Morgan fingerprint density at radius 1 is 0.875 bits per heavy atom. The highest BCUT2D eigenvalue weighted by atomic mass is 16.5. The molecule has 1 aromatic carbocycles. The van der Waals surface area contributed by atoms with E-state index < -0.39 is 0 Å². The van der Waals surface area contributed by atoms with Crippen LogP contribution in [0.5, 0.6) is 5.75 Å². The average Bonchev–Trinajstić information content (AvgIpc) is 2.86. The van der Waals surface area contributed by atoms with Crippen LogP contribution in [-0.4, -0.2) is 64.2 Å². The Morgan fingerprint density at radius 3 is 2.31 bits per heavy atom. The predicted molar refractivity (Wildman–Crippen MR) is 124 cm³/mol. The maximum absolute atomic E-state index is 5.54. The Labute approximate surface area is 188 Å². The molecule has 0 bridgehead atoms. The van der Waals surface area contributed by atoms with Crippen LogP contribution >= 0.6 is 0 Å². The number of fused-ring (bicyclic) bond motifs is 1. The maximum Gasteiger partial charge on any atom is 0.225 e. The van der Waals surface area contributed by atoms with Gasteiger partial charge in [0.15, 0.2) is 0 Å². The highest BCUT2D eigenvalue weighted by Crippen LogP contribution is 2.22. The van der Waals surface area contributed by atoms with Crippen LogP contribution in [0.1, 0.15) is 23.7 Å². The zero-order valence-corrected chi connectivity index (χ0v) is 18.5. The molecule has 8 heteroatoms. The summed E-state index contributed by atoms with van der Waals surface area (Å²) in [6.45, 7) is 9.03. The van der Waals surface area contributed by atoms with Gasteiger partial charge in [0.05, 0.1) is 12.3 Å². The topological polar surface area (TPSA) is 70.5 Å². The van der Waals surface area contributed by atoms with Gasteiger partial charge in [-0.3, -0.25) is 4.90 Å². The molecule has 0 spiro atoms. The fourth-order valence-corrected chi connectivity index (χ4v) is 4.33. The first kappa shape index (κ1) is 20.6. The molecule has 2 aliphatic heterocycles. The van der Waals surface area contributed by atoms with E-state index in [1.54, 1.807) is 12.4 Å². The van der Waals surface area contributed by atoms with Gasteiger partial charge in [-0.05, 0) is 30.7 Å². The van der Waals surface area contributed by atoms with Crippen LogP contribution in [0.15, 0.2) is 48.9 Å². The van der Waals surface area contributed by atoms with Crippen molar-refractivity contribution < 1.29 is 4.74 Å². The molecule has 2 aromatic heterocycles. The number of piperazine rings is 1. The number of nitrogens with zero attached hydrogens (tertiary/aromatic N) is 7. The Balaban J connectivity index is 1.18. The lowest BCUT2D eigenvalue weighted by Gasteiger charge is -2.35. The van der Waals surface area contributed by atoms with E-state index >= 15 is 0 Å². The molecule has 3 aromatic rings. The average molecular weight is 432 g/mol. The first-order valence-corrected chi connectivity index (χ1v) is 11.3. The van der Waals surface area contributed by atoms with Gasteiger partial charge < -0.3 is 14.5 Å². The summed E-state index contributed by atoms with van der Waals surface area (Å²) in [7, 11) is 0. The summed E-state index contributed by atoms with van der Waals surface area (Å²) in [5.74, 6) is 2.57. The van der Waals surface area contributed by atoms with Crippen molar-refractivity contribution in [1.82, 2.24) is 24.8 Å². The fraction of sp³-hybridized carbons (Fsp3) is 0.417. The van der Waals surface area contributed by atoms with Gasteiger partial charge in [-0.1, -0.05) is 12.1 Å². The number of hydrogen-bond acceptors (Lipinski definition) is 8. The zero-order chi connectivity index (χ0) is 21.8. The molecule has 0 aliphatic carbocycles. The van der Waals surface area contributed by atoms with Crippen molar-refractivity contribution in [2.75, 3.05) is 49.1 Å². The quantitative estimate of drug-likeness (QED) is 0.590. The minimum Gasteiger partial charge on any atom is -0.494 e. The molecule has 0 N–H and O–H groups in total. The van der Waals surface area contributed by atoms with Gasteiger partial charge >= 0.3 is 0 Å². The number of anilines is 2. The van der Waals surface area contributed by atoms with Crippen LogP contribution in [0.2, 0.25) is 0 Å². The first-order chi connectivity index (χ1) is 15.8. The second-order valence-electron chi connectivity index (χ2n) is 8.20. The second kappa shape index (κ2) is 9.48. The monoisotopic (exact) mass is 431 g/mol. The van der Waals surface area contributed by atoms with E-state index in [4.69, 9.17) is 14.7 Å². The van der Waals surface area contributed by atoms with Gasteiger partial charge in [0.25, 0.3) is 0 Å². The summed E-state index contributed by atoms with van der Waals surface area (Å²) in [6, 6.07) is 10.3. The van der Waals surface area contributed by atoms with Crippen LogP contribution in [0.4, 0.5) is 11.9 Å². The standard InChI is InChI=1S/C24H29N7O/c1-2-32-21-6-4-19(5-7-21)17-29-11-8-22-20(18-29)16-27-24(28-22)31-14-12-30(13-15-31)23-25-9-3-10-26-23/h3-7,9-10,16H,2,8,11-15,17-18H2,1H3. The molecule has 8 nitrogen and oxygen atoms in total. The lowest BCUT2D eigenvalue weighted by molar-refractivity contribution is 0.242. The fourth-order valence-electron chi connectivity index (χ4n) is 4.33. The summed E-state index contributed by atoms with van der Waals surface area (Å²) >= 11 is 0. The largest absolute Gasteiger partial charge is 0.494 e. The summed E-state index contributed by atoms with van der Waals surface area (Å²) in [6.07, 6.45) is 6.56. The second-order valence-corrected chi connectivity index (χ2v) is 8.20. The molecule has 0 amide bonds. The minimum atomic E-state index is 0.696. The Kier molecular flexibility index (Phi) is 6.11. The van der Waals surface area contributed by atoms with Gasteiger partial charge in [0.1, 0.15) is 5.75 Å². The van der Waals surface area contributed by atoms with Gasteiger partial charge in [-0.15, -0.1) is 0 Å². The molecule has 2 aliphatic rings. The van der Waals surface area contributed by atoms with Gasteiger partial charge in [-0.2, -0.15) is 0 Å². The highest BCUT2D eigenvalue weighted by molar-refractivity contribution is 5.39. The van der Waals surface area contributed by atoms with Crippen LogP contribution in [-0.2, 0) is 19.5 Å². The lowest BCUT2D eigenvalue weighted by atomic mass is 10.1. The van der Waals surface area contributed by atoms with Crippen LogP contribution < -0.4 is 14.5 Å². The van der Waals surface area contributed by atoms with E-state index in [1.165, 1.54) is 16.8 Å². The van der Waals surface area contributed by atoms with E-state index in [1.807, 2.05) is 19.2 Å². The van der Waals surface area contributed by atoms with E-state index in [0.717, 1.165) is 69.9 Å². The van der Waals surface area contributed by atoms with Crippen LogP contribution in [0.3, 0.4) is 0 Å². The molecule has 166 valence electrons. The molecule has 1 fully saturated rings. The third-order valence-electron chi connectivity index (χ3n) is 6.04. The van der Waals surface area contributed by atoms with E-state index in [9.17, 15) is 0 Å². The van der Waals surface area contributed by atoms with Crippen molar-refractivity contribution in [2.24, 2.45) is 0 Å². The summed E-state index contributed by atoms with van der Waals surface area (Å²) < 4.78 is 5.54. The van der Waals surface area contributed by atoms with Gasteiger partial charge in [0, 0.05) is 76.4 Å². The minimum absolute atomic E-state index is 0.696. The van der Waals surface area contributed by atoms with Crippen molar-refractivity contribution >= 4 is 11.9 Å². The predicted octanol–water partition coefficient (Wildman–Crippen LogP) is 2.55. The Hall–Kier alpha value is -3.26. The molecule has 32 heavy (non-hydrogen) atoms. The molecule has 0 saturated carbocycles. The molecule has 0 unspecified atom stereocenters. The van der Waals surface area contributed by atoms with Crippen molar-refractivity contribution in [2.45, 2.75) is 26.4 Å². The summed E-state index contributed by atoms with van der Waals surface area (Å²) in [5, 5.41) is 0. The number of rotatable bonds is 6. The zero-order valence-electron chi connectivity index (χ0n) is 18.5. The van der Waals surface area contributed by atoms with Gasteiger partial charge in [0.2, 0.25) is 11.9 Å². The summed E-state index contributed by atoms with van der Waals surface area (Å²) in [5.41, 5.74) is 3.73. The Morgan fingerprint density at radius 2 is 1.59 bits per heavy atom. The van der Waals surface area contributed by atoms with E-state index in [0.29, 0.717) is 6.61 Å². The third-order valence-corrected chi connectivity index (χ3v) is 6.04. The first-order valence-electron chi connectivity index (χ1n) is 11.3. The molecule has 1 saturated heterocycles. The molecule has 4 heterocycles. The van der Waals surface area contributed by atoms with Crippen LogP contribution in [0, 0.1) is 0 Å². The van der Waals surface area contributed by atoms with Crippen molar-refractivity contribution in [3.8, 4) is 5.75 Å². The molecule has 0 radical (unpaired) electrons. The molecular formula is C24H29N7O. The maximum atomic E-state index is 5.54. The van der Waals surface area contributed by atoms with Crippen molar-refractivity contribution in [3.05, 3.63) is 65.7 Å². The molecule has 0 atom stereocenters. The van der Waals surface area contributed by atoms with Gasteiger partial charge in [-0.25, -0.2) is 19.9 Å². The highest BCUT2D eigenvalue weighted by Gasteiger charge is 2.23. The number of benzene rings is 1. The smallest absolute Gasteiger partial charge is 0.225 e. The number of ether oxygens (including phenoxy) is 1. The normalized spacial score (nSPS) is 16.7. The van der Waals surface area contributed by atoms with Crippen molar-refractivity contribution in [1.29, 1.82) is 0 Å². The SMILES string of the molecule is CCOc1ccc(CN2CCc3nc(N4CCN(c5ncccn5)CC4)ncc3C2)cc1. The van der Waals surface area contributed by atoms with Crippen LogP contribution in [0.25, 0.3) is 0 Å².